The molecule has 1 aromatic rings. The van der Waals surface area contributed by atoms with Gasteiger partial charge in [0.25, 0.3) is 0 Å². The normalized spacial score (nSPS) is 27.9. The fourth-order valence-corrected chi connectivity index (χ4v) is 2.69. The number of hydrogen-bond acceptors (Lipinski definition) is 2. The van der Waals surface area contributed by atoms with Gasteiger partial charge < -0.3 is 10.2 Å². The summed E-state index contributed by atoms with van der Waals surface area (Å²) in [5, 5.41) is 18.2. The molecule has 0 spiro atoms. The number of rotatable bonds is 3. The van der Waals surface area contributed by atoms with Gasteiger partial charge in [0.2, 0.25) is 0 Å². The Balaban J connectivity index is 2.30. The van der Waals surface area contributed by atoms with Crippen molar-refractivity contribution in [3.8, 4) is 0 Å². The van der Waals surface area contributed by atoms with Crippen molar-refractivity contribution >= 4 is 11.9 Å². The number of benzene rings is 1. The second-order valence-corrected chi connectivity index (χ2v) is 4.40. The summed E-state index contributed by atoms with van der Waals surface area (Å²) in [6, 6.07) is 9.29. The van der Waals surface area contributed by atoms with Crippen molar-refractivity contribution in [1.29, 1.82) is 0 Å². The molecule has 0 bridgehead atoms. The van der Waals surface area contributed by atoms with Crippen molar-refractivity contribution in [3.63, 3.8) is 0 Å². The highest BCUT2D eigenvalue weighted by Gasteiger charge is 2.45. The molecule has 4 heteroatoms. The van der Waals surface area contributed by atoms with Crippen LogP contribution in [-0.4, -0.2) is 22.2 Å². The van der Waals surface area contributed by atoms with Crippen LogP contribution in [0.4, 0.5) is 0 Å². The summed E-state index contributed by atoms with van der Waals surface area (Å²) in [6.07, 6.45) is 1.06. The first-order chi connectivity index (χ1) is 8.11. The first-order valence-electron chi connectivity index (χ1n) is 5.62. The minimum absolute atomic E-state index is 0.185. The Hall–Kier alpha value is -1.84. The minimum atomic E-state index is -1.01. The fourth-order valence-electron chi connectivity index (χ4n) is 2.69. The number of aliphatic carboxylic acids is 2. The van der Waals surface area contributed by atoms with Gasteiger partial charge in [0.15, 0.2) is 0 Å². The van der Waals surface area contributed by atoms with Crippen LogP contribution in [0.15, 0.2) is 30.3 Å². The maximum Gasteiger partial charge on any atom is 0.307 e. The molecule has 0 aliphatic heterocycles. The van der Waals surface area contributed by atoms with Gasteiger partial charge >= 0.3 is 11.9 Å². The largest absolute Gasteiger partial charge is 0.481 e. The van der Waals surface area contributed by atoms with Crippen molar-refractivity contribution in [1.82, 2.24) is 0 Å². The van der Waals surface area contributed by atoms with Crippen LogP contribution in [0, 0.1) is 11.8 Å². The molecule has 0 aromatic heterocycles. The van der Waals surface area contributed by atoms with Crippen LogP contribution < -0.4 is 0 Å². The number of carboxylic acids is 2. The van der Waals surface area contributed by atoms with E-state index >= 15 is 0 Å². The van der Waals surface area contributed by atoms with Gasteiger partial charge in [0, 0.05) is 0 Å². The Morgan fingerprint density at radius 1 is 1.00 bits per heavy atom. The third kappa shape index (κ3) is 2.16. The van der Waals surface area contributed by atoms with Gasteiger partial charge in [0.1, 0.15) is 0 Å². The SMILES string of the molecule is O=C(O)C1CCC(c2ccccc2)C1C(=O)O. The Labute approximate surface area is 98.9 Å². The van der Waals surface area contributed by atoms with Crippen LogP contribution in [0.3, 0.4) is 0 Å². The number of carbonyl (C=O) groups is 2. The molecule has 0 amide bonds. The lowest BCUT2D eigenvalue weighted by Crippen LogP contribution is -2.28. The van der Waals surface area contributed by atoms with Gasteiger partial charge in [-0.1, -0.05) is 30.3 Å². The molecule has 3 unspecified atom stereocenters. The van der Waals surface area contributed by atoms with Crippen molar-refractivity contribution in [2.75, 3.05) is 0 Å². The smallest absolute Gasteiger partial charge is 0.307 e. The van der Waals surface area contributed by atoms with Crippen LogP contribution in [0.2, 0.25) is 0 Å². The zero-order valence-corrected chi connectivity index (χ0v) is 9.24. The quantitative estimate of drug-likeness (QED) is 0.838. The molecule has 1 aromatic carbocycles. The average Bonchev–Trinajstić information content (AvgIpc) is 2.74. The summed E-state index contributed by atoms with van der Waals surface area (Å²) < 4.78 is 0. The highest BCUT2D eigenvalue weighted by molar-refractivity contribution is 5.81. The summed E-state index contributed by atoms with van der Waals surface area (Å²) in [5.74, 6) is -3.78. The van der Waals surface area contributed by atoms with Crippen molar-refractivity contribution in [3.05, 3.63) is 35.9 Å². The number of hydrogen-bond donors (Lipinski definition) is 2. The van der Waals surface area contributed by atoms with Gasteiger partial charge in [-0.05, 0) is 24.3 Å². The highest BCUT2D eigenvalue weighted by Crippen LogP contribution is 2.43. The van der Waals surface area contributed by atoms with Crippen LogP contribution in [-0.2, 0) is 9.59 Å². The van der Waals surface area contributed by atoms with Crippen LogP contribution in [0.5, 0.6) is 0 Å². The van der Waals surface area contributed by atoms with Gasteiger partial charge in [-0.25, -0.2) is 0 Å². The molecule has 0 saturated heterocycles. The lowest BCUT2D eigenvalue weighted by atomic mass is 9.85. The van der Waals surface area contributed by atoms with E-state index < -0.39 is 23.8 Å². The molecular weight excluding hydrogens is 220 g/mol. The zero-order chi connectivity index (χ0) is 12.4. The second kappa shape index (κ2) is 4.57. The topological polar surface area (TPSA) is 74.6 Å². The molecule has 17 heavy (non-hydrogen) atoms. The summed E-state index contributed by atoms with van der Waals surface area (Å²) in [6.45, 7) is 0. The van der Waals surface area contributed by atoms with E-state index in [1.54, 1.807) is 0 Å². The van der Waals surface area contributed by atoms with Crippen molar-refractivity contribution in [2.45, 2.75) is 18.8 Å². The van der Waals surface area contributed by atoms with Gasteiger partial charge in [-0.3, -0.25) is 9.59 Å². The van der Waals surface area contributed by atoms with E-state index in [9.17, 15) is 14.7 Å². The van der Waals surface area contributed by atoms with Gasteiger partial charge in [0.05, 0.1) is 11.8 Å². The van der Waals surface area contributed by atoms with Crippen molar-refractivity contribution < 1.29 is 19.8 Å². The third-order valence-corrected chi connectivity index (χ3v) is 3.49. The number of carboxylic acid groups (broad SMARTS) is 2. The molecule has 1 aliphatic rings. The average molecular weight is 234 g/mol. The molecule has 90 valence electrons. The molecular formula is C13H14O4. The molecule has 4 nitrogen and oxygen atoms in total. The predicted molar refractivity (Wildman–Crippen MR) is 60.7 cm³/mol. The van der Waals surface area contributed by atoms with E-state index in [1.165, 1.54) is 0 Å². The molecule has 1 fully saturated rings. The Kier molecular flexibility index (Phi) is 3.13. The zero-order valence-electron chi connectivity index (χ0n) is 9.24. The first-order valence-corrected chi connectivity index (χ1v) is 5.62. The lowest BCUT2D eigenvalue weighted by Gasteiger charge is -2.18. The molecule has 1 saturated carbocycles. The Morgan fingerprint density at radius 3 is 2.18 bits per heavy atom. The minimum Gasteiger partial charge on any atom is -0.481 e. The van der Waals surface area contributed by atoms with Gasteiger partial charge in [-0.2, -0.15) is 0 Å². The summed E-state index contributed by atoms with van der Waals surface area (Å²) in [4.78, 5) is 22.3. The second-order valence-electron chi connectivity index (χ2n) is 4.40. The van der Waals surface area contributed by atoms with E-state index in [-0.39, 0.29) is 5.92 Å². The molecule has 0 radical (unpaired) electrons. The molecule has 0 heterocycles. The predicted octanol–water partition coefficient (Wildman–Crippen LogP) is 1.97. The van der Waals surface area contributed by atoms with E-state index in [0.29, 0.717) is 12.8 Å². The Morgan fingerprint density at radius 2 is 1.65 bits per heavy atom. The standard InChI is InChI=1S/C13H14O4/c14-12(15)10-7-6-9(11(10)13(16)17)8-4-2-1-3-5-8/h1-5,9-11H,6-7H2,(H,14,15)(H,16,17). The lowest BCUT2D eigenvalue weighted by molar-refractivity contribution is -0.152. The Bertz CT molecular complexity index is 426. The van der Waals surface area contributed by atoms with Crippen LogP contribution in [0.25, 0.3) is 0 Å². The van der Waals surface area contributed by atoms with E-state index in [0.717, 1.165) is 5.56 Å². The maximum atomic E-state index is 11.2. The fraction of sp³-hybridized carbons (Fsp3) is 0.385. The first kappa shape index (κ1) is 11.6. The van der Waals surface area contributed by atoms with Crippen molar-refractivity contribution in [2.24, 2.45) is 11.8 Å². The molecule has 1 aliphatic carbocycles. The van der Waals surface area contributed by atoms with E-state index in [4.69, 9.17) is 5.11 Å². The third-order valence-electron chi connectivity index (χ3n) is 3.49. The monoisotopic (exact) mass is 234 g/mol. The van der Waals surface area contributed by atoms with Gasteiger partial charge in [-0.15, -0.1) is 0 Å². The summed E-state index contributed by atoms with van der Waals surface area (Å²) in [5.41, 5.74) is 0.920. The van der Waals surface area contributed by atoms with E-state index in [1.807, 2.05) is 30.3 Å². The molecule has 2 N–H and O–H groups in total. The maximum absolute atomic E-state index is 11.2. The summed E-state index contributed by atoms with van der Waals surface area (Å²) in [7, 11) is 0. The van der Waals surface area contributed by atoms with E-state index in [2.05, 4.69) is 0 Å². The van der Waals surface area contributed by atoms with Crippen LogP contribution >= 0.6 is 0 Å². The van der Waals surface area contributed by atoms with Crippen LogP contribution in [0.1, 0.15) is 24.3 Å². The highest BCUT2D eigenvalue weighted by atomic mass is 16.4. The molecule has 3 atom stereocenters. The summed E-state index contributed by atoms with van der Waals surface area (Å²) >= 11 is 0. The molecule has 2 rings (SSSR count).